The van der Waals surface area contributed by atoms with Gasteiger partial charge in [-0.25, -0.2) is 0 Å². The van der Waals surface area contributed by atoms with Crippen molar-refractivity contribution in [3.8, 4) is 0 Å². The van der Waals surface area contributed by atoms with Crippen LogP contribution in [0.2, 0.25) is 0 Å². The summed E-state index contributed by atoms with van der Waals surface area (Å²) >= 11 is 0. The largest absolute Gasteiger partial charge is 0.358 e. The van der Waals surface area contributed by atoms with E-state index in [9.17, 15) is 19.2 Å². The Bertz CT molecular complexity index is 1030. The van der Waals surface area contributed by atoms with Crippen molar-refractivity contribution in [3.05, 3.63) is 23.8 Å². The van der Waals surface area contributed by atoms with Gasteiger partial charge in [0.05, 0.1) is 11.4 Å². The Labute approximate surface area is 212 Å². The number of benzene rings is 1. The molecule has 0 aliphatic carbocycles. The van der Waals surface area contributed by atoms with Gasteiger partial charge in [-0.15, -0.1) is 0 Å². The summed E-state index contributed by atoms with van der Waals surface area (Å²) in [6.45, 7) is 5.26. The fourth-order valence-corrected chi connectivity index (χ4v) is 6.04. The molecule has 0 saturated carbocycles. The quantitative estimate of drug-likeness (QED) is 0.676. The first kappa shape index (κ1) is 24.6. The number of nitrogens with zero attached hydrogens (tertiary/aromatic N) is 4. The molecule has 1 aromatic carbocycles. The number of fused-ring (bicyclic) bond motifs is 3. The molecule has 0 aromatic heterocycles. The van der Waals surface area contributed by atoms with Crippen LogP contribution in [-0.4, -0.2) is 84.8 Å². The van der Waals surface area contributed by atoms with E-state index in [1.807, 2.05) is 21.9 Å². The molecule has 3 saturated heterocycles. The maximum atomic E-state index is 13.6. The topological polar surface area (TPSA) is 93.3 Å². The maximum Gasteiger partial charge on any atom is 0.253 e. The molecule has 4 amide bonds. The fourth-order valence-electron chi connectivity index (χ4n) is 6.04. The van der Waals surface area contributed by atoms with Crippen LogP contribution in [0.5, 0.6) is 0 Å². The van der Waals surface area contributed by atoms with Crippen LogP contribution in [0.25, 0.3) is 0 Å². The molecule has 194 valence electrons. The number of likely N-dealkylation sites (tertiary alicyclic amines) is 2. The van der Waals surface area contributed by atoms with Gasteiger partial charge < -0.3 is 20.0 Å². The molecule has 3 fully saturated rings. The molecule has 5 rings (SSSR count). The van der Waals surface area contributed by atoms with Crippen LogP contribution in [0.1, 0.15) is 68.6 Å². The summed E-state index contributed by atoms with van der Waals surface area (Å²) in [6.07, 6.45) is 7.83. The zero-order valence-electron chi connectivity index (χ0n) is 21.2. The molecule has 1 N–H and O–H groups in total. The van der Waals surface area contributed by atoms with E-state index in [0.29, 0.717) is 11.3 Å². The lowest BCUT2D eigenvalue weighted by atomic mass is 9.95. The molecule has 0 bridgehead atoms. The van der Waals surface area contributed by atoms with Crippen molar-refractivity contribution in [2.45, 2.75) is 70.4 Å². The number of rotatable bonds is 5. The lowest BCUT2D eigenvalue weighted by Gasteiger charge is -2.45. The van der Waals surface area contributed by atoms with E-state index in [1.54, 1.807) is 13.0 Å². The van der Waals surface area contributed by atoms with E-state index in [1.165, 1.54) is 4.90 Å². The van der Waals surface area contributed by atoms with Crippen molar-refractivity contribution in [2.24, 2.45) is 0 Å². The number of amides is 4. The minimum absolute atomic E-state index is 0.0336. The van der Waals surface area contributed by atoms with Crippen LogP contribution in [0.4, 0.5) is 11.4 Å². The van der Waals surface area contributed by atoms with Gasteiger partial charge in [0.1, 0.15) is 18.6 Å². The van der Waals surface area contributed by atoms with Gasteiger partial charge in [-0.1, -0.05) is 0 Å². The van der Waals surface area contributed by atoms with Gasteiger partial charge in [0.2, 0.25) is 17.7 Å². The number of nitrogens with one attached hydrogen (secondary N) is 1. The first-order valence-corrected chi connectivity index (χ1v) is 13.5. The molecule has 4 aliphatic rings. The Kier molecular flexibility index (Phi) is 7.16. The van der Waals surface area contributed by atoms with Gasteiger partial charge in [0.15, 0.2) is 0 Å². The maximum absolute atomic E-state index is 13.6. The summed E-state index contributed by atoms with van der Waals surface area (Å²) in [5.74, 6) is -0.593. The van der Waals surface area contributed by atoms with E-state index in [2.05, 4.69) is 10.2 Å². The van der Waals surface area contributed by atoms with Gasteiger partial charge in [-0.3, -0.25) is 24.1 Å². The number of carbonyl (C=O) groups excluding carboxylic acids is 4. The Morgan fingerprint density at radius 2 is 1.56 bits per heavy atom. The third kappa shape index (κ3) is 4.80. The van der Waals surface area contributed by atoms with Crippen molar-refractivity contribution in [2.75, 3.05) is 49.1 Å². The smallest absolute Gasteiger partial charge is 0.253 e. The molecular weight excluding hydrogens is 458 g/mol. The standard InChI is InChI=1S/C27H37N5O4/c1-19(25(34)29-12-4-2-5-13-29)28-24(33)18-32-23-17-20(26(35)30-14-7-8-15-30)10-11-21(23)31-16-6-3-9-22(31)27(32)36/h10-11,17,19,22H,2-9,12-16,18H2,1H3,(H,28,33). The van der Waals surface area contributed by atoms with Crippen molar-refractivity contribution in [1.29, 1.82) is 0 Å². The molecule has 0 radical (unpaired) electrons. The third-order valence-corrected chi connectivity index (χ3v) is 7.99. The Morgan fingerprint density at radius 3 is 2.31 bits per heavy atom. The Balaban J connectivity index is 1.36. The van der Waals surface area contributed by atoms with E-state index in [0.717, 1.165) is 89.8 Å². The molecule has 9 heteroatoms. The number of hydrogen-bond acceptors (Lipinski definition) is 5. The minimum atomic E-state index is -0.649. The molecule has 4 aliphatic heterocycles. The van der Waals surface area contributed by atoms with Crippen molar-refractivity contribution in [1.82, 2.24) is 15.1 Å². The first-order chi connectivity index (χ1) is 17.4. The lowest BCUT2D eigenvalue weighted by molar-refractivity contribution is -0.136. The van der Waals surface area contributed by atoms with Gasteiger partial charge in [-0.2, -0.15) is 0 Å². The van der Waals surface area contributed by atoms with Crippen LogP contribution in [0.3, 0.4) is 0 Å². The summed E-state index contributed by atoms with van der Waals surface area (Å²) in [5, 5.41) is 2.82. The zero-order valence-corrected chi connectivity index (χ0v) is 21.2. The van der Waals surface area contributed by atoms with E-state index < -0.39 is 6.04 Å². The van der Waals surface area contributed by atoms with Gasteiger partial charge in [0, 0.05) is 38.3 Å². The summed E-state index contributed by atoms with van der Waals surface area (Å²) in [7, 11) is 0. The van der Waals surface area contributed by atoms with Crippen LogP contribution in [0, 0.1) is 0 Å². The average molecular weight is 496 g/mol. The zero-order chi connectivity index (χ0) is 25.2. The number of anilines is 2. The third-order valence-electron chi connectivity index (χ3n) is 7.99. The molecule has 0 spiro atoms. The molecule has 4 heterocycles. The van der Waals surface area contributed by atoms with E-state index in [4.69, 9.17) is 0 Å². The predicted molar refractivity (Wildman–Crippen MR) is 137 cm³/mol. The Hall–Kier alpha value is -3.10. The highest BCUT2D eigenvalue weighted by atomic mass is 16.2. The van der Waals surface area contributed by atoms with Crippen molar-refractivity contribution >= 4 is 35.0 Å². The number of carbonyl (C=O) groups is 4. The molecule has 36 heavy (non-hydrogen) atoms. The highest BCUT2D eigenvalue weighted by Crippen LogP contribution is 2.40. The number of hydrogen-bond donors (Lipinski definition) is 1. The summed E-state index contributed by atoms with van der Waals surface area (Å²) in [6, 6.07) is 4.60. The van der Waals surface area contributed by atoms with Crippen LogP contribution in [0.15, 0.2) is 18.2 Å². The second kappa shape index (κ2) is 10.5. The second-order valence-corrected chi connectivity index (χ2v) is 10.5. The minimum Gasteiger partial charge on any atom is -0.358 e. The number of piperidine rings is 2. The second-order valence-electron chi connectivity index (χ2n) is 10.5. The summed E-state index contributed by atoms with van der Waals surface area (Å²) < 4.78 is 0. The van der Waals surface area contributed by atoms with Crippen molar-refractivity contribution in [3.63, 3.8) is 0 Å². The van der Waals surface area contributed by atoms with Gasteiger partial charge >= 0.3 is 0 Å². The molecule has 2 unspecified atom stereocenters. The monoisotopic (exact) mass is 495 g/mol. The van der Waals surface area contributed by atoms with E-state index >= 15 is 0 Å². The lowest BCUT2D eigenvalue weighted by Crippen LogP contribution is -2.58. The molecule has 1 aromatic rings. The Morgan fingerprint density at radius 1 is 0.889 bits per heavy atom. The van der Waals surface area contributed by atoms with Crippen LogP contribution < -0.4 is 15.1 Å². The first-order valence-electron chi connectivity index (χ1n) is 13.5. The molecular formula is C27H37N5O4. The van der Waals surface area contributed by atoms with Gasteiger partial charge in [0.25, 0.3) is 5.91 Å². The van der Waals surface area contributed by atoms with Crippen LogP contribution >= 0.6 is 0 Å². The molecule has 9 nitrogen and oxygen atoms in total. The predicted octanol–water partition coefficient (Wildman–Crippen LogP) is 2.15. The summed E-state index contributed by atoms with van der Waals surface area (Å²) in [4.78, 5) is 59.9. The average Bonchev–Trinajstić information content (AvgIpc) is 3.45. The van der Waals surface area contributed by atoms with Crippen molar-refractivity contribution < 1.29 is 19.2 Å². The molecule has 2 atom stereocenters. The fraction of sp³-hybridized carbons (Fsp3) is 0.630. The summed E-state index contributed by atoms with van der Waals surface area (Å²) in [5.41, 5.74) is 2.04. The van der Waals surface area contributed by atoms with E-state index in [-0.39, 0.29) is 36.2 Å². The normalized spacial score (nSPS) is 22.7. The SMILES string of the molecule is CC(NC(=O)CN1C(=O)C2CCCCN2c2ccc(C(=O)N3CCCC3)cc21)C(=O)N1CCCCC1. The highest BCUT2D eigenvalue weighted by molar-refractivity contribution is 6.10. The highest BCUT2D eigenvalue weighted by Gasteiger charge is 2.40. The van der Waals surface area contributed by atoms with Crippen LogP contribution in [-0.2, 0) is 14.4 Å². The van der Waals surface area contributed by atoms with Gasteiger partial charge in [-0.05, 0) is 76.5 Å².